The first-order valence-electron chi connectivity index (χ1n) is 7.16. The van der Waals surface area contributed by atoms with E-state index in [2.05, 4.69) is 20.6 Å². The third-order valence-electron chi connectivity index (χ3n) is 3.41. The number of halogens is 1. The summed E-state index contributed by atoms with van der Waals surface area (Å²) < 4.78 is 0.385. The zero-order valence-electron chi connectivity index (χ0n) is 13.8. The quantitative estimate of drug-likeness (QED) is 0.165. The van der Waals surface area contributed by atoms with Crippen molar-refractivity contribution in [3.05, 3.63) is 45.1 Å². The molecule has 0 aliphatic rings. The summed E-state index contributed by atoms with van der Waals surface area (Å²) >= 11 is 3.34. The van der Waals surface area contributed by atoms with Crippen LogP contribution in [0.3, 0.4) is 0 Å². The van der Waals surface area contributed by atoms with Gasteiger partial charge in [-0.2, -0.15) is 4.98 Å². The molecule has 0 saturated heterocycles. The molecule has 8 nitrogen and oxygen atoms in total. The van der Waals surface area contributed by atoms with E-state index in [0.29, 0.717) is 26.5 Å². The average molecular weight is 473 g/mol. The molecule has 0 fully saturated rings. The molecular formula is C15H16IN5O3S. The summed E-state index contributed by atoms with van der Waals surface area (Å²) in [5, 5.41) is 17.5. The first-order valence-corrected chi connectivity index (χ1v) is 9.91. The van der Waals surface area contributed by atoms with E-state index in [4.69, 9.17) is 0 Å². The molecule has 2 aromatic rings. The lowest BCUT2D eigenvalue weighted by atomic mass is 10.1. The molecule has 1 heterocycles. The Morgan fingerprint density at radius 2 is 2.12 bits per heavy atom. The average Bonchev–Trinajstić information content (AvgIpc) is 2.61. The molecule has 0 bridgehead atoms. The van der Waals surface area contributed by atoms with Gasteiger partial charge in [0.15, 0.2) is 5.16 Å². The largest absolute Gasteiger partial charge is 0.355 e. The van der Waals surface area contributed by atoms with Crippen LogP contribution in [0, 0.1) is 17.0 Å². The highest BCUT2D eigenvalue weighted by Crippen LogP contribution is 2.32. The lowest BCUT2D eigenvalue weighted by Crippen LogP contribution is -2.18. The topological polar surface area (TPSA) is 110 Å². The number of alkyl halides is 1. The second-order valence-corrected chi connectivity index (χ2v) is 6.51. The minimum Gasteiger partial charge on any atom is -0.355 e. The summed E-state index contributed by atoms with van der Waals surface area (Å²) in [6.45, 7) is 1.84. The fourth-order valence-corrected chi connectivity index (χ4v) is 3.03. The Bertz CT molecular complexity index is 831. The van der Waals surface area contributed by atoms with Crippen LogP contribution in [0.15, 0.2) is 23.4 Å². The van der Waals surface area contributed by atoms with Crippen molar-refractivity contribution >= 4 is 57.5 Å². The van der Waals surface area contributed by atoms with Crippen molar-refractivity contribution in [1.82, 2.24) is 15.3 Å². The number of nitrogens with zero attached hydrogens (tertiary/aromatic N) is 3. The number of hydrogen-bond acceptors (Lipinski definition) is 7. The van der Waals surface area contributed by atoms with Gasteiger partial charge in [0, 0.05) is 22.7 Å². The number of nitrogens with one attached hydrogen (secondary N) is 2. The van der Waals surface area contributed by atoms with Crippen LogP contribution in [0.25, 0.3) is 0 Å². The highest BCUT2D eigenvalue weighted by atomic mass is 127. The molecule has 1 aromatic heterocycles. The molecule has 0 unspecified atom stereocenters. The number of amides is 1. The maximum atomic E-state index is 11.8. The van der Waals surface area contributed by atoms with Gasteiger partial charge in [0.25, 0.3) is 5.91 Å². The van der Waals surface area contributed by atoms with E-state index in [1.165, 1.54) is 11.8 Å². The van der Waals surface area contributed by atoms with Gasteiger partial charge in [-0.1, -0.05) is 40.4 Å². The number of benzene rings is 1. The molecule has 0 atom stereocenters. The summed E-state index contributed by atoms with van der Waals surface area (Å²) in [4.78, 5) is 31.3. The minimum atomic E-state index is -0.488. The first-order chi connectivity index (χ1) is 11.9. The fraction of sp³-hybridized carbons (Fsp3) is 0.267. The molecule has 0 spiro atoms. The molecular weight excluding hydrogens is 457 g/mol. The summed E-state index contributed by atoms with van der Waals surface area (Å²) in [5.41, 5.74) is 2.06. The maximum Gasteiger partial charge on any atom is 0.333 e. The fourth-order valence-electron chi connectivity index (χ4n) is 2.11. The molecule has 25 heavy (non-hydrogen) atoms. The highest BCUT2D eigenvalue weighted by molar-refractivity contribution is 14.1. The van der Waals surface area contributed by atoms with Gasteiger partial charge in [0.2, 0.25) is 5.82 Å². The second kappa shape index (κ2) is 8.43. The van der Waals surface area contributed by atoms with E-state index >= 15 is 0 Å². The Labute approximate surface area is 162 Å². The number of aromatic nitrogens is 2. The van der Waals surface area contributed by atoms with Gasteiger partial charge >= 0.3 is 5.69 Å². The molecule has 1 amide bonds. The number of carbonyl (C=O) groups excluding carboxylic acids is 1. The minimum absolute atomic E-state index is 0.119. The lowest BCUT2D eigenvalue weighted by Gasteiger charge is -2.12. The molecule has 2 N–H and O–H groups in total. The van der Waals surface area contributed by atoms with Crippen LogP contribution in [0.4, 0.5) is 17.2 Å². The SMILES string of the molecule is CNC(=O)c1ccc(C)c(Nc2nc(SC)nc(CI)c2[N+](=O)[O-])c1. The van der Waals surface area contributed by atoms with Gasteiger partial charge in [-0.05, 0) is 30.9 Å². The summed E-state index contributed by atoms with van der Waals surface area (Å²) in [6.07, 6.45) is 1.80. The molecule has 1 aromatic carbocycles. The number of hydrogen-bond donors (Lipinski definition) is 2. The summed E-state index contributed by atoms with van der Waals surface area (Å²) in [6, 6.07) is 5.11. The first kappa shape index (κ1) is 19.4. The number of anilines is 2. The van der Waals surface area contributed by atoms with E-state index in [9.17, 15) is 14.9 Å². The number of rotatable bonds is 6. The normalized spacial score (nSPS) is 10.4. The zero-order valence-corrected chi connectivity index (χ0v) is 16.8. The van der Waals surface area contributed by atoms with Gasteiger partial charge in [0.1, 0.15) is 5.69 Å². The van der Waals surface area contributed by atoms with Crippen LogP contribution in [0.2, 0.25) is 0 Å². The second-order valence-electron chi connectivity index (χ2n) is 4.98. The van der Waals surface area contributed by atoms with Crippen LogP contribution < -0.4 is 10.6 Å². The van der Waals surface area contributed by atoms with Gasteiger partial charge in [-0.3, -0.25) is 14.9 Å². The van der Waals surface area contributed by atoms with Crippen LogP contribution >= 0.6 is 34.4 Å². The highest BCUT2D eigenvalue weighted by Gasteiger charge is 2.24. The third kappa shape index (κ3) is 4.37. The van der Waals surface area contributed by atoms with E-state index in [0.717, 1.165) is 5.56 Å². The molecule has 0 saturated carbocycles. The van der Waals surface area contributed by atoms with Gasteiger partial charge in [-0.15, -0.1) is 0 Å². The van der Waals surface area contributed by atoms with Crippen molar-refractivity contribution < 1.29 is 9.72 Å². The maximum absolute atomic E-state index is 11.8. The Kier molecular flexibility index (Phi) is 6.53. The van der Waals surface area contributed by atoms with Gasteiger partial charge < -0.3 is 10.6 Å². The molecule has 0 aliphatic heterocycles. The van der Waals surface area contributed by atoms with Crippen molar-refractivity contribution in [1.29, 1.82) is 0 Å². The van der Waals surface area contributed by atoms with Crippen LogP contribution in [0.1, 0.15) is 21.6 Å². The van der Waals surface area contributed by atoms with Crippen molar-refractivity contribution in [2.75, 3.05) is 18.6 Å². The smallest absolute Gasteiger partial charge is 0.333 e. The summed E-state index contributed by atoms with van der Waals surface area (Å²) in [7, 11) is 1.54. The van der Waals surface area contributed by atoms with E-state index in [1.807, 2.05) is 29.5 Å². The van der Waals surface area contributed by atoms with Crippen molar-refractivity contribution in [2.24, 2.45) is 0 Å². The van der Waals surface area contributed by atoms with E-state index < -0.39 is 4.92 Å². The lowest BCUT2D eigenvalue weighted by molar-refractivity contribution is -0.385. The van der Waals surface area contributed by atoms with Crippen molar-refractivity contribution in [3.8, 4) is 0 Å². The Hall–Kier alpha value is -1.95. The van der Waals surface area contributed by atoms with Crippen LogP contribution in [-0.2, 0) is 4.43 Å². The predicted molar refractivity (Wildman–Crippen MR) is 106 cm³/mol. The number of nitro groups is 1. The van der Waals surface area contributed by atoms with Gasteiger partial charge in [0.05, 0.1) is 4.92 Å². The monoisotopic (exact) mass is 473 g/mol. The predicted octanol–water partition coefficient (Wildman–Crippen LogP) is 3.45. The molecule has 10 heteroatoms. The van der Waals surface area contributed by atoms with E-state index in [1.54, 1.807) is 31.5 Å². The molecule has 132 valence electrons. The molecule has 0 aliphatic carbocycles. The Balaban J connectivity index is 2.56. The zero-order chi connectivity index (χ0) is 18.6. The van der Waals surface area contributed by atoms with Crippen LogP contribution in [0.5, 0.6) is 0 Å². The number of thioether (sulfide) groups is 1. The number of aryl methyl sites for hydroxylation is 1. The van der Waals surface area contributed by atoms with Crippen molar-refractivity contribution in [3.63, 3.8) is 0 Å². The Morgan fingerprint density at radius 1 is 1.40 bits per heavy atom. The number of carbonyl (C=O) groups is 1. The van der Waals surface area contributed by atoms with E-state index in [-0.39, 0.29) is 17.4 Å². The molecule has 0 radical (unpaired) electrons. The van der Waals surface area contributed by atoms with Crippen molar-refractivity contribution in [2.45, 2.75) is 16.5 Å². The van der Waals surface area contributed by atoms with Gasteiger partial charge in [-0.25, -0.2) is 4.98 Å². The molecule has 2 rings (SSSR count). The Morgan fingerprint density at radius 3 is 2.68 bits per heavy atom. The third-order valence-corrected chi connectivity index (χ3v) is 4.68. The summed E-state index contributed by atoms with van der Waals surface area (Å²) in [5.74, 6) is -0.119. The van der Waals surface area contributed by atoms with Crippen LogP contribution in [-0.4, -0.2) is 34.1 Å². The standard InChI is InChI=1S/C15H16IN5O3S/c1-8-4-5-9(14(22)17-2)6-10(8)18-13-12(21(23)24)11(7-16)19-15(20-13)25-3/h4-6H,7H2,1-3H3,(H,17,22)(H,18,19,20).